The van der Waals surface area contributed by atoms with Crippen LogP contribution in [0.3, 0.4) is 0 Å². The summed E-state index contributed by atoms with van der Waals surface area (Å²) in [4.78, 5) is 38.3. The zero-order valence-electron chi connectivity index (χ0n) is 18.5. The van der Waals surface area contributed by atoms with Gasteiger partial charge in [-0.05, 0) is 43.2 Å². The molecule has 0 spiro atoms. The molecule has 1 aromatic heterocycles. The van der Waals surface area contributed by atoms with Gasteiger partial charge in [0.15, 0.2) is 6.61 Å². The summed E-state index contributed by atoms with van der Waals surface area (Å²) in [5, 5.41) is 3.02. The van der Waals surface area contributed by atoms with Crippen molar-refractivity contribution in [2.24, 2.45) is 0 Å². The van der Waals surface area contributed by atoms with Gasteiger partial charge in [-0.1, -0.05) is 48.3 Å². The van der Waals surface area contributed by atoms with Crippen LogP contribution in [0.15, 0.2) is 54.6 Å². The number of carbonyl (C=O) groups excluding carboxylic acids is 3. The summed E-state index contributed by atoms with van der Waals surface area (Å²) < 4.78 is 13.4. The molecule has 9 heteroatoms. The van der Waals surface area contributed by atoms with Crippen LogP contribution in [0, 0.1) is 6.92 Å². The van der Waals surface area contributed by atoms with E-state index in [0.29, 0.717) is 10.6 Å². The first-order chi connectivity index (χ1) is 15.9. The van der Waals surface area contributed by atoms with Gasteiger partial charge in [0.05, 0.1) is 17.7 Å². The van der Waals surface area contributed by atoms with E-state index in [-0.39, 0.29) is 12.2 Å². The van der Waals surface area contributed by atoms with Gasteiger partial charge in [-0.3, -0.25) is 4.79 Å². The van der Waals surface area contributed by atoms with Gasteiger partial charge in [0.1, 0.15) is 5.00 Å². The van der Waals surface area contributed by atoms with Gasteiger partial charge < -0.3 is 19.5 Å². The molecule has 0 aliphatic rings. The van der Waals surface area contributed by atoms with Crippen LogP contribution in [-0.2, 0) is 14.3 Å². The van der Waals surface area contributed by atoms with E-state index in [1.54, 1.807) is 32.0 Å². The maximum absolute atomic E-state index is 12.5. The van der Waals surface area contributed by atoms with Crippen molar-refractivity contribution in [3.05, 3.63) is 71.3 Å². The predicted octanol–water partition coefficient (Wildman–Crippen LogP) is 5.39. The number of nitrogens with one attached hydrogen (secondary N) is 2. The third kappa shape index (κ3) is 6.36. The highest BCUT2D eigenvalue weighted by Crippen LogP contribution is 2.36. The molecule has 0 unspecified atom stereocenters. The van der Waals surface area contributed by atoms with Gasteiger partial charge in [-0.15, -0.1) is 11.3 Å². The molecule has 0 saturated carbocycles. The Balaban J connectivity index is 1.72. The van der Waals surface area contributed by atoms with Gasteiger partial charge >= 0.3 is 11.9 Å². The molecule has 2 aromatic carbocycles. The number of anilines is 2. The predicted molar refractivity (Wildman–Crippen MR) is 133 cm³/mol. The van der Waals surface area contributed by atoms with Crippen LogP contribution in [0.4, 0.5) is 10.7 Å². The summed E-state index contributed by atoms with van der Waals surface area (Å²) >= 11 is 2.66. The lowest BCUT2D eigenvalue weighted by Crippen LogP contribution is -2.22. The number of aryl methyl sites for hydroxylation is 1. The van der Waals surface area contributed by atoms with Crippen molar-refractivity contribution >= 4 is 51.8 Å². The van der Waals surface area contributed by atoms with Crippen LogP contribution in [0.1, 0.15) is 33.2 Å². The molecule has 2 N–H and O–H groups in total. The molecule has 0 radical (unpaired) electrons. The van der Waals surface area contributed by atoms with E-state index in [9.17, 15) is 14.4 Å². The van der Waals surface area contributed by atoms with Gasteiger partial charge in [0, 0.05) is 16.8 Å². The minimum absolute atomic E-state index is 0.212. The summed E-state index contributed by atoms with van der Waals surface area (Å²) in [6, 6.07) is 16.5. The van der Waals surface area contributed by atoms with E-state index in [1.807, 2.05) is 42.7 Å². The maximum atomic E-state index is 12.5. The molecule has 0 fully saturated rings. The number of benzene rings is 2. The molecule has 0 saturated heterocycles. The number of esters is 2. The van der Waals surface area contributed by atoms with Crippen molar-refractivity contribution in [1.29, 1.82) is 0 Å². The summed E-state index contributed by atoms with van der Waals surface area (Å²) in [7, 11) is 0. The van der Waals surface area contributed by atoms with E-state index in [4.69, 9.17) is 9.47 Å². The molecule has 3 aromatic rings. The average molecular weight is 485 g/mol. The molecule has 7 nitrogen and oxygen atoms in total. The topological polar surface area (TPSA) is 93.7 Å². The molecular formula is C24H24N2O5S2. The lowest BCUT2D eigenvalue weighted by Gasteiger charge is -2.10. The number of ether oxygens (including phenoxy) is 2. The SMILES string of the molecule is CCOC(=O)c1cc(-c2ccccc2)sc1NC(=O)COC(=O)c1cc(NSC)ccc1C. The third-order valence-corrected chi connectivity index (χ3v) is 6.09. The number of hydrogen-bond acceptors (Lipinski definition) is 8. The van der Waals surface area contributed by atoms with Crippen molar-refractivity contribution < 1.29 is 23.9 Å². The van der Waals surface area contributed by atoms with Crippen LogP contribution in [0.5, 0.6) is 0 Å². The first kappa shape index (κ1) is 24.3. The van der Waals surface area contributed by atoms with Crippen molar-refractivity contribution in [3.63, 3.8) is 0 Å². The molecule has 1 heterocycles. The maximum Gasteiger partial charge on any atom is 0.341 e. The monoisotopic (exact) mass is 484 g/mol. The molecule has 33 heavy (non-hydrogen) atoms. The van der Waals surface area contributed by atoms with E-state index in [1.165, 1.54) is 23.3 Å². The second-order valence-corrected chi connectivity index (χ2v) is 8.56. The smallest absolute Gasteiger partial charge is 0.341 e. The minimum atomic E-state index is -0.603. The highest BCUT2D eigenvalue weighted by atomic mass is 32.2. The number of thiophene rings is 1. The minimum Gasteiger partial charge on any atom is -0.462 e. The van der Waals surface area contributed by atoms with Crippen molar-refractivity contribution in [3.8, 4) is 10.4 Å². The average Bonchev–Trinajstić information content (AvgIpc) is 3.23. The second kappa shape index (κ2) is 11.5. The largest absolute Gasteiger partial charge is 0.462 e. The standard InChI is InChI=1S/C24H24N2O5S2/c1-4-30-24(29)19-13-20(16-8-6-5-7-9-16)33-22(19)25-21(27)14-31-23(28)18-12-17(26-32-3)11-10-15(18)2/h5-13,26H,4,14H2,1-3H3,(H,25,27). The lowest BCUT2D eigenvalue weighted by molar-refractivity contribution is -0.119. The van der Waals surface area contributed by atoms with Crippen LogP contribution < -0.4 is 10.0 Å². The molecule has 1 amide bonds. The van der Waals surface area contributed by atoms with Crippen molar-refractivity contribution in [1.82, 2.24) is 0 Å². The normalized spacial score (nSPS) is 10.4. The van der Waals surface area contributed by atoms with E-state index in [0.717, 1.165) is 21.7 Å². The zero-order chi connectivity index (χ0) is 23.8. The van der Waals surface area contributed by atoms with Crippen LogP contribution in [-0.4, -0.2) is 37.3 Å². The molecule has 0 aliphatic heterocycles. The molecule has 0 bridgehead atoms. The zero-order valence-corrected chi connectivity index (χ0v) is 20.1. The Morgan fingerprint density at radius 1 is 0.970 bits per heavy atom. The number of hydrogen-bond donors (Lipinski definition) is 2. The van der Waals surface area contributed by atoms with Gasteiger partial charge in [-0.25, -0.2) is 9.59 Å². The first-order valence-electron chi connectivity index (χ1n) is 10.2. The quantitative estimate of drug-likeness (QED) is 0.311. The molecule has 0 aliphatic carbocycles. The van der Waals surface area contributed by atoms with Gasteiger partial charge in [0.25, 0.3) is 5.91 Å². The Hall–Kier alpha value is -3.30. The Morgan fingerprint density at radius 3 is 2.39 bits per heavy atom. The van der Waals surface area contributed by atoms with Crippen molar-refractivity contribution in [2.45, 2.75) is 13.8 Å². The van der Waals surface area contributed by atoms with Crippen LogP contribution in [0.2, 0.25) is 0 Å². The van der Waals surface area contributed by atoms with Crippen molar-refractivity contribution in [2.75, 3.05) is 29.5 Å². The second-order valence-electron chi connectivity index (χ2n) is 6.90. The molecule has 0 atom stereocenters. The number of carbonyl (C=O) groups is 3. The van der Waals surface area contributed by atoms with Gasteiger partial charge in [-0.2, -0.15) is 0 Å². The highest BCUT2D eigenvalue weighted by molar-refractivity contribution is 7.99. The lowest BCUT2D eigenvalue weighted by atomic mass is 10.1. The molecular weight excluding hydrogens is 460 g/mol. The fourth-order valence-electron chi connectivity index (χ4n) is 2.98. The summed E-state index contributed by atoms with van der Waals surface area (Å²) in [5.74, 6) is -1.68. The summed E-state index contributed by atoms with van der Waals surface area (Å²) in [6.07, 6.45) is 1.88. The highest BCUT2D eigenvalue weighted by Gasteiger charge is 2.21. The molecule has 172 valence electrons. The van der Waals surface area contributed by atoms with Crippen LogP contribution in [0.25, 0.3) is 10.4 Å². The Morgan fingerprint density at radius 2 is 1.70 bits per heavy atom. The fourth-order valence-corrected chi connectivity index (χ4v) is 4.41. The van der Waals surface area contributed by atoms with E-state index in [2.05, 4.69) is 10.0 Å². The summed E-state index contributed by atoms with van der Waals surface area (Å²) in [5.41, 5.74) is 3.04. The van der Waals surface area contributed by atoms with E-state index < -0.39 is 24.5 Å². The van der Waals surface area contributed by atoms with Crippen LogP contribution >= 0.6 is 23.3 Å². The summed E-state index contributed by atoms with van der Waals surface area (Å²) in [6.45, 7) is 3.23. The number of amides is 1. The first-order valence-corrected chi connectivity index (χ1v) is 12.2. The Kier molecular flexibility index (Phi) is 8.51. The molecule has 3 rings (SSSR count). The van der Waals surface area contributed by atoms with Gasteiger partial charge in [0.2, 0.25) is 0 Å². The van der Waals surface area contributed by atoms with E-state index >= 15 is 0 Å². The Labute approximate surface area is 200 Å². The fraction of sp³-hybridized carbons (Fsp3) is 0.208. The number of rotatable bonds is 9. The third-order valence-electron chi connectivity index (χ3n) is 4.55. The Bertz CT molecular complexity index is 1150.